The molecule has 2 nitrogen and oxygen atoms in total. The van der Waals surface area contributed by atoms with Gasteiger partial charge in [0.2, 0.25) is 0 Å². The van der Waals surface area contributed by atoms with Crippen LogP contribution in [0.5, 0.6) is 0 Å². The Bertz CT molecular complexity index is 428. The Morgan fingerprint density at radius 2 is 1.95 bits per heavy atom. The Kier molecular flexibility index (Phi) is 6.12. The van der Waals surface area contributed by atoms with Crippen molar-refractivity contribution in [2.24, 2.45) is 5.92 Å². The molecule has 1 aliphatic rings. The van der Waals surface area contributed by atoms with Crippen LogP contribution >= 0.6 is 0 Å². The first-order valence-electron chi connectivity index (χ1n) is 7.93. The Balaban J connectivity index is 1.88. The van der Waals surface area contributed by atoms with Crippen molar-refractivity contribution in [3.63, 3.8) is 0 Å². The van der Waals surface area contributed by atoms with Gasteiger partial charge in [-0.2, -0.15) is 0 Å². The molecule has 0 saturated carbocycles. The molecule has 1 N–H and O–H groups in total. The molecular formula is C17H26F2N2. The number of halogens is 2. The molecule has 0 spiro atoms. The van der Waals surface area contributed by atoms with Crippen LogP contribution in [0.2, 0.25) is 0 Å². The highest BCUT2D eigenvalue weighted by molar-refractivity contribution is 5.18. The van der Waals surface area contributed by atoms with Gasteiger partial charge in [0.15, 0.2) is 0 Å². The van der Waals surface area contributed by atoms with Gasteiger partial charge in [-0.3, -0.25) is 0 Å². The van der Waals surface area contributed by atoms with Crippen LogP contribution in [0, 0.1) is 17.6 Å². The van der Waals surface area contributed by atoms with Crippen LogP contribution in [0.25, 0.3) is 0 Å². The van der Waals surface area contributed by atoms with Crippen LogP contribution in [0.1, 0.15) is 32.3 Å². The number of nitrogens with zero attached hydrogens (tertiary/aromatic N) is 1. The lowest BCUT2D eigenvalue weighted by Gasteiger charge is -2.25. The number of hydrogen-bond donors (Lipinski definition) is 1. The zero-order valence-corrected chi connectivity index (χ0v) is 13.0. The Morgan fingerprint density at radius 3 is 2.62 bits per heavy atom. The Labute approximate surface area is 126 Å². The van der Waals surface area contributed by atoms with Crippen LogP contribution in [0.3, 0.4) is 0 Å². The summed E-state index contributed by atoms with van der Waals surface area (Å²) in [6, 6.07) is 4.32. The Hall–Kier alpha value is -1.00. The molecule has 118 valence electrons. The maximum absolute atomic E-state index is 13.2. The molecule has 0 radical (unpaired) electrons. The SMILES string of the molecule is CC(C)CC1CN(CCc2cc(F)cc(F)c2)CCCN1. The summed E-state index contributed by atoms with van der Waals surface area (Å²) in [5.41, 5.74) is 0.741. The van der Waals surface area contributed by atoms with Gasteiger partial charge in [0.25, 0.3) is 0 Å². The first-order chi connectivity index (χ1) is 10.0. The van der Waals surface area contributed by atoms with Gasteiger partial charge in [0.05, 0.1) is 0 Å². The monoisotopic (exact) mass is 296 g/mol. The second-order valence-electron chi connectivity index (χ2n) is 6.46. The molecule has 21 heavy (non-hydrogen) atoms. The second-order valence-corrected chi connectivity index (χ2v) is 6.46. The zero-order valence-electron chi connectivity index (χ0n) is 13.0. The number of hydrogen-bond acceptors (Lipinski definition) is 2. The summed E-state index contributed by atoms with van der Waals surface area (Å²) in [5, 5.41) is 3.60. The largest absolute Gasteiger partial charge is 0.313 e. The van der Waals surface area contributed by atoms with Crippen molar-refractivity contribution in [3.8, 4) is 0 Å². The molecule has 1 atom stereocenters. The summed E-state index contributed by atoms with van der Waals surface area (Å²) < 4.78 is 26.4. The van der Waals surface area contributed by atoms with Gasteiger partial charge in [-0.15, -0.1) is 0 Å². The van der Waals surface area contributed by atoms with E-state index in [-0.39, 0.29) is 0 Å². The summed E-state index contributed by atoms with van der Waals surface area (Å²) in [6.07, 6.45) is 3.00. The van der Waals surface area contributed by atoms with Gasteiger partial charge in [-0.05, 0) is 56.0 Å². The van der Waals surface area contributed by atoms with Crippen LogP contribution in [-0.4, -0.2) is 37.1 Å². The average Bonchev–Trinajstić information content (AvgIpc) is 2.60. The van der Waals surface area contributed by atoms with Crippen molar-refractivity contribution < 1.29 is 8.78 Å². The van der Waals surface area contributed by atoms with Crippen molar-refractivity contribution in [2.45, 2.75) is 39.2 Å². The van der Waals surface area contributed by atoms with E-state index in [0.717, 1.165) is 44.2 Å². The fraction of sp³-hybridized carbons (Fsp3) is 0.647. The van der Waals surface area contributed by atoms with Gasteiger partial charge in [-0.1, -0.05) is 13.8 Å². The fourth-order valence-electron chi connectivity index (χ4n) is 3.05. The number of benzene rings is 1. The molecular weight excluding hydrogens is 270 g/mol. The summed E-state index contributed by atoms with van der Waals surface area (Å²) in [4.78, 5) is 2.41. The van der Waals surface area contributed by atoms with E-state index in [4.69, 9.17) is 0 Å². The molecule has 1 aliphatic heterocycles. The van der Waals surface area contributed by atoms with E-state index >= 15 is 0 Å². The van der Waals surface area contributed by atoms with Crippen molar-refractivity contribution in [3.05, 3.63) is 35.4 Å². The molecule has 1 heterocycles. The topological polar surface area (TPSA) is 15.3 Å². The average molecular weight is 296 g/mol. The van der Waals surface area contributed by atoms with E-state index in [1.807, 2.05) is 0 Å². The van der Waals surface area contributed by atoms with Crippen LogP contribution in [0.4, 0.5) is 8.78 Å². The molecule has 0 aromatic heterocycles. The van der Waals surface area contributed by atoms with Crippen LogP contribution in [-0.2, 0) is 6.42 Å². The van der Waals surface area contributed by atoms with E-state index in [9.17, 15) is 8.78 Å². The minimum atomic E-state index is -0.486. The van der Waals surface area contributed by atoms with E-state index in [0.29, 0.717) is 18.4 Å². The maximum Gasteiger partial charge on any atom is 0.126 e. The summed E-state index contributed by atoms with van der Waals surface area (Å²) >= 11 is 0. The predicted molar refractivity (Wildman–Crippen MR) is 82.4 cm³/mol. The minimum absolute atomic E-state index is 0.486. The highest BCUT2D eigenvalue weighted by Crippen LogP contribution is 2.12. The lowest BCUT2D eigenvalue weighted by atomic mass is 10.0. The molecule has 0 bridgehead atoms. The normalized spacial score (nSPS) is 20.7. The number of nitrogens with one attached hydrogen (secondary N) is 1. The van der Waals surface area contributed by atoms with Crippen LogP contribution in [0.15, 0.2) is 18.2 Å². The minimum Gasteiger partial charge on any atom is -0.313 e. The molecule has 1 aromatic rings. The Morgan fingerprint density at radius 1 is 1.24 bits per heavy atom. The van der Waals surface area contributed by atoms with Gasteiger partial charge in [0, 0.05) is 25.2 Å². The van der Waals surface area contributed by atoms with E-state index in [1.54, 1.807) is 0 Å². The quantitative estimate of drug-likeness (QED) is 0.897. The highest BCUT2D eigenvalue weighted by Gasteiger charge is 2.18. The maximum atomic E-state index is 13.2. The first-order valence-corrected chi connectivity index (χ1v) is 7.93. The molecule has 2 rings (SSSR count). The van der Waals surface area contributed by atoms with Crippen molar-refractivity contribution in [1.82, 2.24) is 10.2 Å². The third-order valence-electron chi connectivity index (χ3n) is 3.96. The van der Waals surface area contributed by atoms with Crippen molar-refractivity contribution in [2.75, 3.05) is 26.2 Å². The van der Waals surface area contributed by atoms with Crippen LogP contribution < -0.4 is 5.32 Å². The van der Waals surface area contributed by atoms with Crippen molar-refractivity contribution >= 4 is 0 Å². The van der Waals surface area contributed by atoms with Crippen molar-refractivity contribution in [1.29, 1.82) is 0 Å². The lowest BCUT2D eigenvalue weighted by Crippen LogP contribution is -2.39. The third-order valence-corrected chi connectivity index (χ3v) is 3.96. The summed E-state index contributed by atoms with van der Waals surface area (Å²) in [7, 11) is 0. The fourth-order valence-corrected chi connectivity index (χ4v) is 3.05. The molecule has 1 unspecified atom stereocenters. The second kappa shape index (κ2) is 7.85. The van der Waals surface area contributed by atoms with E-state index < -0.39 is 11.6 Å². The molecule has 1 aromatic carbocycles. The smallest absolute Gasteiger partial charge is 0.126 e. The molecule has 4 heteroatoms. The molecule has 1 fully saturated rings. The van der Waals surface area contributed by atoms with Gasteiger partial charge >= 0.3 is 0 Å². The van der Waals surface area contributed by atoms with E-state index in [2.05, 4.69) is 24.1 Å². The standard InChI is InChI=1S/C17H26F2N2/c1-13(2)8-17-12-21(6-3-5-20-17)7-4-14-9-15(18)11-16(19)10-14/h9-11,13,17,20H,3-8,12H2,1-2H3. The van der Waals surface area contributed by atoms with E-state index in [1.165, 1.54) is 18.6 Å². The molecule has 1 saturated heterocycles. The molecule has 0 amide bonds. The predicted octanol–water partition coefficient (Wildman–Crippen LogP) is 3.22. The third kappa shape index (κ3) is 5.71. The summed E-state index contributed by atoms with van der Waals surface area (Å²) in [6.45, 7) is 8.48. The lowest BCUT2D eigenvalue weighted by molar-refractivity contribution is 0.258. The van der Waals surface area contributed by atoms with Gasteiger partial charge < -0.3 is 10.2 Å². The number of rotatable bonds is 5. The summed E-state index contributed by atoms with van der Waals surface area (Å²) in [5.74, 6) is -0.291. The first kappa shape index (κ1) is 16.4. The van der Waals surface area contributed by atoms with Gasteiger partial charge in [0.1, 0.15) is 11.6 Å². The zero-order chi connectivity index (χ0) is 15.2. The highest BCUT2D eigenvalue weighted by atomic mass is 19.1. The molecule has 0 aliphatic carbocycles. The van der Waals surface area contributed by atoms with Gasteiger partial charge in [-0.25, -0.2) is 8.78 Å².